The number of amides is 2. The maximum Gasteiger partial charge on any atom is 0.254 e. The quantitative estimate of drug-likeness (QED) is 0.727. The van der Waals surface area contributed by atoms with Crippen molar-refractivity contribution in [3.8, 4) is 0 Å². The SMILES string of the molecule is O=C1CCC(c2ccc(C(=O)N3CC(O)(c4cccc5ccccc45)C3)cc2)N1. The first kappa shape index (κ1) is 17.9. The van der Waals surface area contributed by atoms with E-state index in [4.69, 9.17) is 0 Å². The van der Waals surface area contributed by atoms with E-state index < -0.39 is 5.60 Å². The average Bonchev–Trinajstić information content (AvgIpc) is 3.17. The van der Waals surface area contributed by atoms with Gasteiger partial charge in [-0.2, -0.15) is 0 Å². The highest BCUT2D eigenvalue weighted by Gasteiger charge is 2.45. The highest BCUT2D eigenvalue weighted by Crippen LogP contribution is 2.37. The van der Waals surface area contributed by atoms with Gasteiger partial charge in [0.15, 0.2) is 0 Å². The van der Waals surface area contributed by atoms with E-state index in [1.807, 2.05) is 54.6 Å². The summed E-state index contributed by atoms with van der Waals surface area (Å²) in [6.45, 7) is 0.556. The molecule has 5 heteroatoms. The first-order valence-corrected chi connectivity index (χ1v) is 9.93. The fraction of sp³-hybridized carbons (Fsp3) is 0.250. The number of aliphatic hydroxyl groups is 1. The van der Waals surface area contributed by atoms with Gasteiger partial charge in [0.1, 0.15) is 5.60 Å². The zero-order valence-electron chi connectivity index (χ0n) is 16.0. The van der Waals surface area contributed by atoms with Gasteiger partial charge in [-0.15, -0.1) is 0 Å². The number of likely N-dealkylation sites (tertiary alicyclic amines) is 1. The molecule has 146 valence electrons. The molecule has 0 aliphatic carbocycles. The fourth-order valence-electron chi connectivity index (χ4n) is 4.44. The highest BCUT2D eigenvalue weighted by molar-refractivity contribution is 5.95. The van der Waals surface area contributed by atoms with Gasteiger partial charge in [-0.05, 0) is 40.5 Å². The maximum absolute atomic E-state index is 12.8. The predicted octanol–water partition coefficient (Wildman–Crippen LogP) is 3.13. The van der Waals surface area contributed by atoms with Crippen molar-refractivity contribution in [2.24, 2.45) is 0 Å². The molecule has 2 N–H and O–H groups in total. The van der Waals surface area contributed by atoms with Crippen LogP contribution in [0.3, 0.4) is 0 Å². The van der Waals surface area contributed by atoms with Crippen LogP contribution >= 0.6 is 0 Å². The minimum Gasteiger partial charge on any atom is -0.381 e. The molecule has 1 unspecified atom stereocenters. The minimum atomic E-state index is -1.02. The average molecular weight is 386 g/mol. The Morgan fingerprint density at radius 2 is 1.72 bits per heavy atom. The van der Waals surface area contributed by atoms with Crippen molar-refractivity contribution >= 4 is 22.6 Å². The van der Waals surface area contributed by atoms with Gasteiger partial charge in [0.25, 0.3) is 5.91 Å². The zero-order chi connectivity index (χ0) is 20.0. The number of fused-ring (bicyclic) bond motifs is 1. The standard InChI is InChI=1S/C24H22N2O3/c27-22-13-12-21(25-22)17-8-10-18(11-9-17)23(28)26-14-24(29,15-26)20-7-3-5-16-4-1-2-6-19(16)20/h1-11,21,29H,12-15H2,(H,25,27). The fourth-order valence-corrected chi connectivity index (χ4v) is 4.44. The Balaban J connectivity index is 1.31. The molecule has 3 aromatic carbocycles. The van der Waals surface area contributed by atoms with E-state index in [-0.39, 0.29) is 30.9 Å². The summed E-state index contributed by atoms with van der Waals surface area (Å²) in [6.07, 6.45) is 1.34. The molecule has 29 heavy (non-hydrogen) atoms. The van der Waals surface area contributed by atoms with Gasteiger partial charge in [-0.1, -0.05) is 54.6 Å². The van der Waals surface area contributed by atoms with Crippen LogP contribution in [0.25, 0.3) is 10.8 Å². The summed E-state index contributed by atoms with van der Waals surface area (Å²) in [7, 11) is 0. The van der Waals surface area contributed by atoms with Crippen LogP contribution in [0.1, 0.15) is 40.4 Å². The summed E-state index contributed by atoms with van der Waals surface area (Å²) in [4.78, 5) is 25.9. The van der Waals surface area contributed by atoms with E-state index in [2.05, 4.69) is 5.32 Å². The molecule has 0 spiro atoms. The Labute approximate surface area is 169 Å². The van der Waals surface area contributed by atoms with Crippen LogP contribution in [0.2, 0.25) is 0 Å². The second kappa shape index (κ2) is 6.71. The van der Waals surface area contributed by atoms with E-state index in [1.165, 1.54) is 0 Å². The molecule has 5 rings (SSSR count). The van der Waals surface area contributed by atoms with Crippen LogP contribution in [0, 0.1) is 0 Å². The number of β-amino-alcohol motifs (C(OH)–C–C–N with tert-alkyl or cyclic N) is 1. The first-order valence-electron chi connectivity index (χ1n) is 9.93. The minimum absolute atomic E-state index is 0.0344. The molecule has 2 fully saturated rings. The molecule has 3 aromatic rings. The highest BCUT2D eigenvalue weighted by atomic mass is 16.3. The van der Waals surface area contributed by atoms with Gasteiger partial charge in [-0.25, -0.2) is 0 Å². The number of carbonyl (C=O) groups is 2. The Hall–Kier alpha value is -3.18. The third kappa shape index (κ3) is 3.08. The van der Waals surface area contributed by atoms with Crippen LogP contribution in [-0.2, 0) is 10.4 Å². The van der Waals surface area contributed by atoms with Crippen molar-refractivity contribution in [1.29, 1.82) is 0 Å². The van der Waals surface area contributed by atoms with Gasteiger partial charge in [0.05, 0.1) is 19.1 Å². The lowest BCUT2D eigenvalue weighted by molar-refractivity contribution is -0.119. The van der Waals surface area contributed by atoms with E-state index in [1.54, 1.807) is 17.0 Å². The summed E-state index contributed by atoms with van der Waals surface area (Å²) in [5.74, 6) is -0.0135. The van der Waals surface area contributed by atoms with Crippen molar-refractivity contribution in [3.05, 3.63) is 83.4 Å². The van der Waals surface area contributed by atoms with Crippen molar-refractivity contribution in [2.45, 2.75) is 24.5 Å². The van der Waals surface area contributed by atoms with Crippen molar-refractivity contribution < 1.29 is 14.7 Å². The Morgan fingerprint density at radius 1 is 1.00 bits per heavy atom. The summed E-state index contributed by atoms with van der Waals surface area (Å²) < 4.78 is 0. The molecule has 2 heterocycles. The largest absolute Gasteiger partial charge is 0.381 e. The van der Waals surface area contributed by atoms with E-state index in [9.17, 15) is 14.7 Å². The van der Waals surface area contributed by atoms with Crippen LogP contribution in [0.15, 0.2) is 66.7 Å². The Kier molecular flexibility index (Phi) is 4.14. The third-order valence-corrected chi connectivity index (χ3v) is 6.04. The normalized spacial score (nSPS) is 20.4. The smallest absolute Gasteiger partial charge is 0.254 e. The lowest BCUT2D eigenvalue weighted by atomic mass is 9.83. The Morgan fingerprint density at radius 3 is 2.45 bits per heavy atom. The van der Waals surface area contributed by atoms with E-state index in [0.717, 1.165) is 28.3 Å². The molecular formula is C24H22N2O3. The van der Waals surface area contributed by atoms with Gasteiger partial charge >= 0.3 is 0 Å². The van der Waals surface area contributed by atoms with Crippen LogP contribution in [0.4, 0.5) is 0 Å². The number of carbonyl (C=O) groups excluding carboxylic acids is 2. The number of rotatable bonds is 3. The summed E-state index contributed by atoms with van der Waals surface area (Å²) in [6, 6.07) is 21.3. The number of hydrogen-bond donors (Lipinski definition) is 2. The molecule has 2 amide bonds. The third-order valence-electron chi connectivity index (χ3n) is 6.04. The zero-order valence-corrected chi connectivity index (χ0v) is 16.0. The molecule has 0 aromatic heterocycles. The molecule has 2 aliphatic heterocycles. The number of hydrogen-bond acceptors (Lipinski definition) is 3. The van der Waals surface area contributed by atoms with E-state index >= 15 is 0 Å². The predicted molar refractivity (Wildman–Crippen MR) is 110 cm³/mol. The molecule has 5 nitrogen and oxygen atoms in total. The summed E-state index contributed by atoms with van der Waals surface area (Å²) in [5.41, 5.74) is 1.46. The summed E-state index contributed by atoms with van der Waals surface area (Å²) in [5, 5.41) is 16.2. The molecule has 0 radical (unpaired) electrons. The second-order valence-corrected chi connectivity index (χ2v) is 8.00. The van der Waals surface area contributed by atoms with Gasteiger partial charge in [0, 0.05) is 12.0 Å². The lowest BCUT2D eigenvalue weighted by Crippen LogP contribution is -2.61. The number of benzene rings is 3. The maximum atomic E-state index is 12.8. The van der Waals surface area contributed by atoms with Crippen LogP contribution < -0.4 is 5.32 Å². The van der Waals surface area contributed by atoms with Crippen LogP contribution in [-0.4, -0.2) is 34.9 Å². The molecule has 0 saturated carbocycles. The molecular weight excluding hydrogens is 364 g/mol. The van der Waals surface area contributed by atoms with Crippen molar-refractivity contribution in [3.63, 3.8) is 0 Å². The lowest BCUT2D eigenvalue weighted by Gasteiger charge is -2.47. The van der Waals surface area contributed by atoms with Crippen molar-refractivity contribution in [1.82, 2.24) is 10.2 Å². The Bertz CT molecular complexity index is 1100. The van der Waals surface area contributed by atoms with Crippen molar-refractivity contribution in [2.75, 3.05) is 13.1 Å². The summed E-state index contributed by atoms with van der Waals surface area (Å²) >= 11 is 0. The topological polar surface area (TPSA) is 69.6 Å². The number of nitrogens with zero attached hydrogens (tertiary/aromatic N) is 1. The first-order chi connectivity index (χ1) is 14.0. The van der Waals surface area contributed by atoms with Gasteiger partial charge in [0.2, 0.25) is 5.91 Å². The van der Waals surface area contributed by atoms with Crippen LogP contribution in [0.5, 0.6) is 0 Å². The second-order valence-electron chi connectivity index (χ2n) is 8.00. The monoisotopic (exact) mass is 386 g/mol. The number of nitrogens with one attached hydrogen (secondary N) is 1. The van der Waals surface area contributed by atoms with E-state index in [0.29, 0.717) is 12.0 Å². The van der Waals surface area contributed by atoms with Gasteiger partial charge in [-0.3, -0.25) is 9.59 Å². The molecule has 2 saturated heterocycles. The van der Waals surface area contributed by atoms with Gasteiger partial charge < -0.3 is 15.3 Å². The molecule has 0 bridgehead atoms. The molecule has 1 atom stereocenters. The molecule has 2 aliphatic rings.